The number of hydrogen-bond acceptors (Lipinski definition) is 4. The summed E-state index contributed by atoms with van der Waals surface area (Å²) in [5.41, 5.74) is 0.705. The van der Waals surface area contributed by atoms with Crippen molar-refractivity contribution in [3.8, 4) is 17.2 Å². The van der Waals surface area contributed by atoms with Gasteiger partial charge in [0.25, 0.3) is 5.91 Å². The van der Waals surface area contributed by atoms with Crippen LogP contribution in [0.4, 0.5) is 5.69 Å². The first-order valence-corrected chi connectivity index (χ1v) is 8.00. The van der Waals surface area contributed by atoms with Gasteiger partial charge < -0.3 is 19.5 Å². The number of nitrogens with one attached hydrogen (secondary N) is 1. The molecule has 0 fully saturated rings. The zero-order valence-corrected chi connectivity index (χ0v) is 14.2. The van der Waals surface area contributed by atoms with Crippen LogP contribution < -0.4 is 19.5 Å². The van der Waals surface area contributed by atoms with Crippen LogP contribution in [0.25, 0.3) is 0 Å². The number of ether oxygens (including phenoxy) is 3. The molecule has 0 spiro atoms. The predicted molar refractivity (Wildman–Crippen MR) is 93.9 cm³/mol. The van der Waals surface area contributed by atoms with E-state index in [4.69, 9.17) is 14.2 Å². The van der Waals surface area contributed by atoms with E-state index in [1.54, 1.807) is 31.4 Å². The minimum atomic E-state index is -0.580. The molecule has 0 aliphatic heterocycles. The molecule has 1 N–H and O–H groups in total. The molecule has 2 rings (SSSR count). The molecule has 128 valence electrons. The van der Waals surface area contributed by atoms with Gasteiger partial charge in [-0.25, -0.2) is 0 Å². The van der Waals surface area contributed by atoms with Crippen molar-refractivity contribution in [3.05, 3.63) is 48.5 Å². The van der Waals surface area contributed by atoms with E-state index in [0.717, 1.165) is 5.75 Å². The largest absolute Gasteiger partial charge is 0.497 e. The molecule has 0 saturated heterocycles. The maximum atomic E-state index is 12.4. The van der Waals surface area contributed by atoms with Crippen molar-refractivity contribution >= 4 is 11.6 Å². The second-order valence-electron chi connectivity index (χ2n) is 5.14. The molecule has 1 amide bonds. The van der Waals surface area contributed by atoms with Crippen molar-refractivity contribution in [1.29, 1.82) is 0 Å². The zero-order valence-electron chi connectivity index (χ0n) is 14.2. The summed E-state index contributed by atoms with van der Waals surface area (Å²) in [5.74, 6) is 1.87. The number of amides is 1. The quantitative estimate of drug-likeness (QED) is 0.798. The summed E-state index contributed by atoms with van der Waals surface area (Å²) in [6, 6.07) is 14.5. The fourth-order valence-corrected chi connectivity index (χ4v) is 2.18. The van der Waals surface area contributed by atoms with Crippen LogP contribution in [0.1, 0.15) is 20.3 Å². The zero-order chi connectivity index (χ0) is 17.4. The third kappa shape index (κ3) is 4.91. The van der Waals surface area contributed by atoms with Gasteiger partial charge in [-0.2, -0.15) is 0 Å². The molecule has 0 heterocycles. The maximum absolute atomic E-state index is 12.4. The lowest BCUT2D eigenvalue weighted by Gasteiger charge is -2.18. The fourth-order valence-electron chi connectivity index (χ4n) is 2.18. The van der Waals surface area contributed by atoms with Gasteiger partial charge in [0.1, 0.15) is 17.2 Å². The molecular weight excluding hydrogens is 306 g/mol. The van der Waals surface area contributed by atoms with Crippen LogP contribution in [0, 0.1) is 0 Å². The van der Waals surface area contributed by atoms with Gasteiger partial charge in [0.2, 0.25) is 0 Å². The highest BCUT2D eigenvalue weighted by molar-refractivity contribution is 5.94. The Labute approximate surface area is 142 Å². The van der Waals surface area contributed by atoms with Gasteiger partial charge in [-0.15, -0.1) is 0 Å². The van der Waals surface area contributed by atoms with Crippen LogP contribution in [0.15, 0.2) is 48.5 Å². The first kappa shape index (κ1) is 17.7. The number of anilines is 1. The monoisotopic (exact) mass is 329 g/mol. The molecule has 0 saturated carbocycles. The molecule has 2 aromatic rings. The summed E-state index contributed by atoms with van der Waals surface area (Å²) >= 11 is 0. The van der Waals surface area contributed by atoms with Gasteiger partial charge >= 0.3 is 0 Å². The smallest absolute Gasteiger partial charge is 0.265 e. The Morgan fingerprint density at radius 2 is 1.75 bits per heavy atom. The van der Waals surface area contributed by atoms with E-state index in [1.807, 2.05) is 38.1 Å². The summed E-state index contributed by atoms with van der Waals surface area (Å²) < 4.78 is 16.3. The van der Waals surface area contributed by atoms with E-state index >= 15 is 0 Å². The Balaban J connectivity index is 2.00. The average Bonchev–Trinajstić information content (AvgIpc) is 2.61. The van der Waals surface area contributed by atoms with Crippen molar-refractivity contribution in [2.45, 2.75) is 26.4 Å². The summed E-state index contributed by atoms with van der Waals surface area (Å²) in [6.07, 6.45) is -0.0243. The molecule has 0 radical (unpaired) electrons. The Morgan fingerprint density at radius 1 is 1.04 bits per heavy atom. The Hall–Kier alpha value is -2.69. The standard InChI is InChI=1S/C19H23NO4/c1-4-18(24-17-8-6-7-16(13-17)22-3)19(21)20-14-9-11-15(12-10-14)23-5-2/h6-13,18H,4-5H2,1-3H3,(H,20,21). The van der Waals surface area contributed by atoms with Gasteiger partial charge in [0.05, 0.1) is 13.7 Å². The summed E-state index contributed by atoms with van der Waals surface area (Å²) in [4.78, 5) is 12.4. The van der Waals surface area contributed by atoms with Gasteiger partial charge in [-0.3, -0.25) is 4.79 Å². The van der Waals surface area contributed by atoms with E-state index in [1.165, 1.54) is 0 Å². The second kappa shape index (κ2) is 8.82. The number of hydrogen-bond donors (Lipinski definition) is 1. The second-order valence-corrected chi connectivity index (χ2v) is 5.14. The first-order valence-electron chi connectivity index (χ1n) is 8.00. The number of carbonyl (C=O) groups excluding carboxylic acids is 1. The van der Waals surface area contributed by atoms with Crippen molar-refractivity contribution in [1.82, 2.24) is 0 Å². The molecule has 0 aromatic heterocycles. The Morgan fingerprint density at radius 3 is 2.38 bits per heavy atom. The fraction of sp³-hybridized carbons (Fsp3) is 0.316. The van der Waals surface area contributed by atoms with Crippen molar-refractivity contribution < 1.29 is 19.0 Å². The van der Waals surface area contributed by atoms with Crippen LogP contribution in [0.5, 0.6) is 17.2 Å². The van der Waals surface area contributed by atoms with Gasteiger partial charge in [0.15, 0.2) is 6.10 Å². The van der Waals surface area contributed by atoms with Crippen molar-refractivity contribution in [3.63, 3.8) is 0 Å². The average molecular weight is 329 g/mol. The molecule has 5 nitrogen and oxygen atoms in total. The number of carbonyl (C=O) groups is 1. The van der Waals surface area contributed by atoms with Crippen LogP contribution in [0.2, 0.25) is 0 Å². The highest BCUT2D eigenvalue weighted by Gasteiger charge is 2.18. The molecule has 24 heavy (non-hydrogen) atoms. The molecule has 1 unspecified atom stereocenters. The summed E-state index contributed by atoms with van der Waals surface area (Å²) in [7, 11) is 1.59. The lowest BCUT2D eigenvalue weighted by atomic mass is 10.2. The summed E-state index contributed by atoms with van der Waals surface area (Å²) in [5, 5.41) is 2.86. The van der Waals surface area contributed by atoms with E-state index in [0.29, 0.717) is 30.2 Å². The summed E-state index contributed by atoms with van der Waals surface area (Å²) in [6.45, 7) is 4.44. The van der Waals surface area contributed by atoms with E-state index < -0.39 is 6.10 Å². The molecule has 0 aliphatic rings. The van der Waals surface area contributed by atoms with Crippen LogP contribution in [-0.4, -0.2) is 25.7 Å². The van der Waals surface area contributed by atoms with Gasteiger partial charge in [-0.05, 0) is 49.7 Å². The number of methoxy groups -OCH3 is 1. The van der Waals surface area contributed by atoms with Gasteiger partial charge in [0, 0.05) is 11.8 Å². The maximum Gasteiger partial charge on any atom is 0.265 e. The van der Waals surface area contributed by atoms with E-state index in [-0.39, 0.29) is 5.91 Å². The third-order valence-corrected chi connectivity index (χ3v) is 3.42. The Bertz CT molecular complexity index is 655. The lowest BCUT2D eigenvalue weighted by Crippen LogP contribution is -2.32. The third-order valence-electron chi connectivity index (χ3n) is 3.42. The van der Waals surface area contributed by atoms with Crippen molar-refractivity contribution in [2.24, 2.45) is 0 Å². The Kier molecular flexibility index (Phi) is 6.49. The van der Waals surface area contributed by atoms with E-state index in [9.17, 15) is 4.79 Å². The lowest BCUT2D eigenvalue weighted by molar-refractivity contribution is -0.122. The van der Waals surface area contributed by atoms with Crippen LogP contribution >= 0.6 is 0 Å². The highest BCUT2D eigenvalue weighted by Crippen LogP contribution is 2.21. The minimum absolute atomic E-state index is 0.190. The molecule has 0 bridgehead atoms. The molecule has 1 atom stereocenters. The molecule has 2 aromatic carbocycles. The van der Waals surface area contributed by atoms with Gasteiger partial charge in [-0.1, -0.05) is 13.0 Å². The van der Waals surface area contributed by atoms with E-state index in [2.05, 4.69) is 5.32 Å². The SMILES string of the molecule is CCOc1ccc(NC(=O)C(CC)Oc2cccc(OC)c2)cc1. The van der Waals surface area contributed by atoms with Crippen LogP contribution in [-0.2, 0) is 4.79 Å². The van der Waals surface area contributed by atoms with Crippen LogP contribution in [0.3, 0.4) is 0 Å². The molecule has 0 aliphatic carbocycles. The number of rotatable bonds is 8. The molecular formula is C19H23NO4. The highest BCUT2D eigenvalue weighted by atomic mass is 16.5. The normalized spacial score (nSPS) is 11.5. The minimum Gasteiger partial charge on any atom is -0.497 e. The first-order chi connectivity index (χ1) is 11.7. The molecule has 5 heteroatoms. The topological polar surface area (TPSA) is 56.8 Å². The predicted octanol–water partition coefficient (Wildman–Crippen LogP) is 3.89. The van der Waals surface area contributed by atoms with Crippen molar-refractivity contribution in [2.75, 3.05) is 19.0 Å². The number of benzene rings is 2.